The zero-order valence-corrected chi connectivity index (χ0v) is 6.35. The number of nitrogens with zero attached hydrogens (tertiary/aromatic N) is 1. The van der Waals surface area contributed by atoms with Crippen molar-refractivity contribution in [3.63, 3.8) is 0 Å². The van der Waals surface area contributed by atoms with E-state index in [-0.39, 0.29) is 5.91 Å². The summed E-state index contributed by atoms with van der Waals surface area (Å²) in [5.41, 5.74) is 2.00. The second kappa shape index (κ2) is 2.78. The van der Waals surface area contributed by atoms with Gasteiger partial charge in [-0.05, 0) is 18.4 Å². The zero-order valence-electron chi connectivity index (χ0n) is 6.35. The van der Waals surface area contributed by atoms with E-state index >= 15 is 0 Å². The van der Waals surface area contributed by atoms with Gasteiger partial charge in [0.15, 0.2) is 0 Å². The topological polar surface area (TPSA) is 29.4 Å². The molecule has 0 aromatic carbocycles. The number of aliphatic imine (C=N–C) groups is 1. The van der Waals surface area contributed by atoms with E-state index in [0.717, 1.165) is 24.0 Å². The highest BCUT2D eigenvalue weighted by atomic mass is 16.1. The van der Waals surface area contributed by atoms with Crippen LogP contribution in [0.2, 0.25) is 0 Å². The van der Waals surface area contributed by atoms with Crippen LogP contribution in [0, 0.1) is 0 Å². The van der Waals surface area contributed by atoms with Gasteiger partial charge in [-0.1, -0.05) is 13.8 Å². The minimum Gasteiger partial charge on any atom is -0.267 e. The van der Waals surface area contributed by atoms with E-state index in [1.165, 1.54) is 0 Å². The van der Waals surface area contributed by atoms with E-state index in [0.29, 0.717) is 0 Å². The van der Waals surface area contributed by atoms with Crippen LogP contribution in [-0.2, 0) is 4.79 Å². The van der Waals surface area contributed by atoms with Crippen molar-refractivity contribution in [2.75, 3.05) is 0 Å². The Balaban J connectivity index is 2.90. The second-order valence-corrected chi connectivity index (χ2v) is 2.27. The van der Waals surface area contributed by atoms with Crippen LogP contribution >= 0.6 is 0 Å². The summed E-state index contributed by atoms with van der Waals surface area (Å²) < 4.78 is 0. The maximum Gasteiger partial charge on any atom is 0.273 e. The molecule has 0 fully saturated rings. The molecule has 1 aliphatic rings. The van der Waals surface area contributed by atoms with Crippen LogP contribution < -0.4 is 0 Å². The van der Waals surface area contributed by atoms with Gasteiger partial charge in [-0.2, -0.15) is 0 Å². The number of rotatable bonds is 2. The number of carbonyl (C=O) groups excluding carboxylic acids is 1. The predicted molar refractivity (Wildman–Crippen MR) is 41.1 cm³/mol. The highest BCUT2D eigenvalue weighted by Gasteiger charge is 2.14. The summed E-state index contributed by atoms with van der Waals surface area (Å²) in [7, 11) is 0. The third kappa shape index (κ3) is 1.01. The molecule has 1 aliphatic heterocycles. The lowest BCUT2D eigenvalue weighted by Crippen LogP contribution is -1.94. The molecule has 54 valence electrons. The maximum atomic E-state index is 10.9. The molecule has 0 aromatic heterocycles. The minimum absolute atomic E-state index is 0.0423. The monoisotopic (exact) mass is 137 g/mol. The number of allylic oxidation sites excluding steroid dienone is 1. The Morgan fingerprint density at radius 2 is 2.10 bits per heavy atom. The van der Waals surface area contributed by atoms with Gasteiger partial charge in [0.1, 0.15) is 0 Å². The molecule has 0 spiro atoms. The summed E-state index contributed by atoms with van der Waals surface area (Å²) in [5.74, 6) is -0.0423. The van der Waals surface area contributed by atoms with Crippen LogP contribution in [0.5, 0.6) is 0 Å². The lowest BCUT2D eigenvalue weighted by molar-refractivity contribution is -0.114. The molecule has 0 bridgehead atoms. The zero-order chi connectivity index (χ0) is 7.56. The summed E-state index contributed by atoms with van der Waals surface area (Å²) >= 11 is 0. The van der Waals surface area contributed by atoms with Crippen molar-refractivity contribution in [2.24, 2.45) is 4.99 Å². The van der Waals surface area contributed by atoms with Crippen molar-refractivity contribution in [1.29, 1.82) is 0 Å². The fourth-order valence-corrected chi connectivity index (χ4v) is 1.11. The highest BCUT2D eigenvalue weighted by molar-refractivity contribution is 6.10. The van der Waals surface area contributed by atoms with E-state index in [2.05, 4.69) is 4.99 Å². The summed E-state index contributed by atoms with van der Waals surface area (Å²) in [6, 6.07) is 0. The maximum absolute atomic E-state index is 10.9. The summed E-state index contributed by atoms with van der Waals surface area (Å²) in [5, 5.41) is 0. The Morgan fingerprint density at radius 1 is 1.40 bits per heavy atom. The summed E-state index contributed by atoms with van der Waals surface area (Å²) in [4.78, 5) is 14.6. The molecule has 0 radical (unpaired) electrons. The molecule has 0 saturated carbocycles. The van der Waals surface area contributed by atoms with Crippen LogP contribution in [0.1, 0.15) is 26.7 Å². The fourth-order valence-electron chi connectivity index (χ4n) is 1.11. The molecule has 10 heavy (non-hydrogen) atoms. The number of carbonyl (C=O) groups is 1. The molecule has 0 atom stereocenters. The lowest BCUT2D eigenvalue weighted by Gasteiger charge is -1.95. The van der Waals surface area contributed by atoms with Crippen molar-refractivity contribution >= 4 is 12.1 Å². The average Bonchev–Trinajstić information content (AvgIpc) is 2.30. The van der Waals surface area contributed by atoms with Crippen LogP contribution in [-0.4, -0.2) is 12.1 Å². The van der Waals surface area contributed by atoms with Crippen LogP contribution in [0.15, 0.2) is 16.1 Å². The molecule has 1 amide bonds. The van der Waals surface area contributed by atoms with Gasteiger partial charge in [-0.15, -0.1) is 0 Å². The number of hydrogen-bond donors (Lipinski definition) is 0. The quantitative estimate of drug-likeness (QED) is 0.569. The SMILES string of the molecule is CCC1=C(CC)C(=O)N=C1. The molecule has 0 saturated heterocycles. The van der Waals surface area contributed by atoms with Crippen LogP contribution in [0.25, 0.3) is 0 Å². The van der Waals surface area contributed by atoms with Gasteiger partial charge in [0.2, 0.25) is 0 Å². The number of hydrogen-bond acceptors (Lipinski definition) is 1. The average molecular weight is 137 g/mol. The molecule has 2 heteroatoms. The van der Waals surface area contributed by atoms with Crippen molar-refractivity contribution in [2.45, 2.75) is 26.7 Å². The van der Waals surface area contributed by atoms with Crippen molar-refractivity contribution in [1.82, 2.24) is 0 Å². The fraction of sp³-hybridized carbons (Fsp3) is 0.500. The van der Waals surface area contributed by atoms with Gasteiger partial charge in [-0.25, -0.2) is 4.99 Å². The van der Waals surface area contributed by atoms with Gasteiger partial charge < -0.3 is 0 Å². The molecule has 1 rings (SSSR count). The molecule has 0 unspecified atom stereocenters. The number of amides is 1. The molecule has 1 heterocycles. The molecule has 0 aliphatic carbocycles. The standard InChI is InChI=1S/C8H11NO/c1-3-6-5-9-8(10)7(6)4-2/h5H,3-4H2,1-2H3. The van der Waals surface area contributed by atoms with E-state index in [4.69, 9.17) is 0 Å². The minimum atomic E-state index is -0.0423. The van der Waals surface area contributed by atoms with Gasteiger partial charge in [0.05, 0.1) is 0 Å². The Bertz CT molecular complexity index is 207. The largest absolute Gasteiger partial charge is 0.273 e. The van der Waals surface area contributed by atoms with E-state index in [9.17, 15) is 4.79 Å². The molecular weight excluding hydrogens is 126 g/mol. The third-order valence-electron chi connectivity index (χ3n) is 1.72. The normalized spacial score (nSPS) is 17.2. The molecule has 2 nitrogen and oxygen atoms in total. The predicted octanol–water partition coefficient (Wildman–Crippen LogP) is 1.71. The van der Waals surface area contributed by atoms with Crippen molar-refractivity contribution in [3.05, 3.63) is 11.1 Å². The van der Waals surface area contributed by atoms with Crippen molar-refractivity contribution < 1.29 is 4.79 Å². The molecule has 0 N–H and O–H groups in total. The first-order valence-electron chi connectivity index (χ1n) is 3.60. The Hall–Kier alpha value is -0.920. The van der Waals surface area contributed by atoms with E-state index in [1.54, 1.807) is 6.21 Å². The first-order valence-corrected chi connectivity index (χ1v) is 3.60. The highest BCUT2D eigenvalue weighted by Crippen LogP contribution is 2.17. The van der Waals surface area contributed by atoms with E-state index in [1.807, 2.05) is 13.8 Å². The van der Waals surface area contributed by atoms with Crippen LogP contribution in [0.3, 0.4) is 0 Å². The van der Waals surface area contributed by atoms with Gasteiger partial charge in [-0.3, -0.25) is 4.79 Å². The smallest absolute Gasteiger partial charge is 0.267 e. The van der Waals surface area contributed by atoms with E-state index < -0.39 is 0 Å². The lowest BCUT2D eigenvalue weighted by atomic mass is 10.1. The first kappa shape index (κ1) is 7.19. The summed E-state index contributed by atoms with van der Waals surface area (Å²) in [6.07, 6.45) is 3.40. The summed E-state index contributed by atoms with van der Waals surface area (Å²) in [6.45, 7) is 4.02. The van der Waals surface area contributed by atoms with Crippen molar-refractivity contribution in [3.8, 4) is 0 Å². The Kier molecular flexibility index (Phi) is 2.00. The van der Waals surface area contributed by atoms with Gasteiger partial charge in [0.25, 0.3) is 5.91 Å². The molecular formula is C8H11NO. The Morgan fingerprint density at radius 3 is 2.50 bits per heavy atom. The second-order valence-electron chi connectivity index (χ2n) is 2.27. The first-order chi connectivity index (χ1) is 4.79. The third-order valence-corrected chi connectivity index (χ3v) is 1.72. The van der Waals surface area contributed by atoms with Crippen LogP contribution in [0.4, 0.5) is 0 Å². The Labute approximate surface area is 60.7 Å². The van der Waals surface area contributed by atoms with Gasteiger partial charge in [0, 0.05) is 11.8 Å². The van der Waals surface area contributed by atoms with Gasteiger partial charge >= 0.3 is 0 Å². The molecule has 0 aromatic rings.